The fraction of sp³-hybridized carbons (Fsp3) is 0.250. The average molecular weight is 316 g/mol. The number of benzene rings is 1. The third kappa shape index (κ3) is 4.26. The number of aliphatic carboxylic acids is 1. The van der Waals surface area contributed by atoms with E-state index < -0.39 is 30.3 Å². The molecule has 0 aliphatic heterocycles. The van der Waals surface area contributed by atoms with E-state index in [1.807, 2.05) is 12.1 Å². The Balaban J connectivity index is 2.13. The van der Waals surface area contributed by atoms with Gasteiger partial charge in [0, 0.05) is 5.39 Å². The van der Waals surface area contributed by atoms with Crippen LogP contribution in [0.5, 0.6) is 0 Å². The van der Waals surface area contributed by atoms with Crippen molar-refractivity contribution in [2.45, 2.75) is 19.4 Å². The van der Waals surface area contributed by atoms with Gasteiger partial charge in [-0.2, -0.15) is 0 Å². The largest absolute Gasteiger partial charge is 0.480 e. The highest BCUT2D eigenvalue weighted by Crippen LogP contribution is 2.12. The second kappa shape index (κ2) is 7.35. The topological polar surface area (TPSA) is 106 Å². The molecule has 7 nitrogen and oxygen atoms in total. The van der Waals surface area contributed by atoms with Crippen molar-refractivity contribution in [1.82, 2.24) is 10.3 Å². The fourth-order valence-corrected chi connectivity index (χ4v) is 2.01. The monoisotopic (exact) mass is 316 g/mol. The van der Waals surface area contributed by atoms with Crippen molar-refractivity contribution in [2.24, 2.45) is 0 Å². The van der Waals surface area contributed by atoms with Crippen molar-refractivity contribution in [3.05, 3.63) is 42.1 Å². The van der Waals surface area contributed by atoms with E-state index in [0.29, 0.717) is 5.52 Å². The molecular weight excluding hydrogens is 300 g/mol. The molecular formula is C16H16N2O5. The number of amides is 1. The molecule has 0 spiro atoms. The molecule has 2 N–H and O–H groups in total. The summed E-state index contributed by atoms with van der Waals surface area (Å²) in [7, 11) is 0. The summed E-state index contributed by atoms with van der Waals surface area (Å²) in [6, 6.07) is 9.10. The number of carboxylic acids is 1. The van der Waals surface area contributed by atoms with E-state index in [2.05, 4.69) is 10.3 Å². The Kier molecular flexibility index (Phi) is 5.24. The molecule has 1 aromatic carbocycles. The Morgan fingerprint density at radius 1 is 1.22 bits per heavy atom. The summed E-state index contributed by atoms with van der Waals surface area (Å²) in [5, 5.41) is 12.3. The number of aromatic nitrogens is 1. The zero-order valence-electron chi connectivity index (χ0n) is 12.5. The van der Waals surface area contributed by atoms with Gasteiger partial charge >= 0.3 is 11.9 Å². The van der Waals surface area contributed by atoms with E-state index >= 15 is 0 Å². The Hall–Kier alpha value is -2.96. The van der Waals surface area contributed by atoms with Crippen LogP contribution in [0.15, 0.2) is 36.4 Å². The summed E-state index contributed by atoms with van der Waals surface area (Å²) in [4.78, 5) is 38.9. The number of fused-ring (bicyclic) bond motifs is 1. The number of hydrogen-bond acceptors (Lipinski definition) is 5. The SMILES string of the molecule is CCOC(=O)C[C@@H](NC(=O)c1ccc2ccccc2n1)C(=O)O. The van der Waals surface area contributed by atoms with Gasteiger partial charge in [0.25, 0.3) is 5.91 Å². The number of pyridine rings is 1. The van der Waals surface area contributed by atoms with Crippen LogP contribution in [0.3, 0.4) is 0 Å². The van der Waals surface area contributed by atoms with Crippen LogP contribution in [0, 0.1) is 0 Å². The summed E-state index contributed by atoms with van der Waals surface area (Å²) in [5.41, 5.74) is 0.705. The van der Waals surface area contributed by atoms with E-state index in [1.54, 1.807) is 25.1 Å². The maximum atomic E-state index is 12.2. The second-order valence-corrected chi connectivity index (χ2v) is 4.76. The summed E-state index contributed by atoms with van der Waals surface area (Å²) in [5.74, 6) is -2.66. The third-order valence-corrected chi connectivity index (χ3v) is 3.11. The highest BCUT2D eigenvalue weighted by atomic mass is 16.5. The fourth-order valence-electron chi connectivity index (χ4n) is 2.01. The van der Waals surface area contributed by atoms with Gasteiger partial charge in [-0.3, -0.25) is 9.59 Å². The van der Waals surface area contributed by atoms with Crippen molar-refractivity contribution >= 4 is 28.7 Å². The number of nitrogens with zero attached hydrogens (tertiary/aromatic N) is 1. The predicted molar refractivity (Wildman–Crippen MR) is 81.9 cm³/mol. The van der Waals surface area contributed by atoms with Gasteiger partial charge in [0.05, 0.1) is 18.5 Å². The van der Waals surface area contributed by atoms with Gasteiger partial charge in [-0.25, -0.2) is 9.78 Å². The smallest absolute Gasteiger partial charge is 0.326 e. The van der Waals surface area contributed by atoms with Gasteiger partial charge in [-0.1, -0.05) is 24.3 Å². The Labute approximate surface area is 132 Å². The van der Waals surface area contributed by atoms with Crippen LogP contribution in [0.1, 0.15) is 23.8 Å². The molecule has 1 aromatic heterocycles. The van der Waals surface area contributed by atoms with Crippen molar-refractivity contribution in [1.29, 1.82) is 0 Å². The lowest BCUT2D eigenvalue weighted by molar-refractivity contribution is -0.149. The lowest BCUT2D eigenvalue weighted by Gasteiger charge is -2.13. The minimum Gasteiger partial charge on any atom is -0.480 e. The van der Waals surface area contributed by atoms with E-state index in [1.165, 1.54) is 6.07 Å². The molecule has 0 aliphatic carbocycles. The minimum atomic E-state index is -1.37. The molecule has 0 unspecified atom stereocenters. The zero-order valence-corrected chi connectivity index (χ0v) is 12.5. The average Bonchev–Trinajstić information content (AvgIpc) is 2.53. The van der Waals surface area contributed by atoms with Crippen LogP contribution in [0.25, 0.3) is 10.9 Å². The molecule has 2 rings (SSSR count). The molecule has 0 aliphatic rings. The van der Waals surface area contributed by atoms with Crippen LogP contribution >= 0.6 is 0 Å². The lowest BCUT2D eigenvalue weighted by atomic mass is 10.1. The number of para-hydroxylation sites is 1. The number of carboxylic acid groups (broad SMARTS) is 1. The van der Waals surface area contributed by atoms with Crippen LogP contribution in [-0.4, -0.2) is 40.6 Å². The molecule has 0 radical (unpaired) electrons. The molecule has 2 aromatic rings. The predicted octanol–water partition coefficient (Wildman–Crippen LogP) is 1.37. The van der Waals surface area contributed by atoms with Gasteiger partial charge in [-0.15, -0.1) is 0 Å². The van der Waals surface area contributed by atoms with Crippen LogP contribution in [-0.2, 0) is 14.3 Å². The first-order valence-electron chi connectivity index (χ1n) is 7.06. The van der Waals surface area contributed by atoms with Crippen molar-refractivity contribution in [2.75, 3.05) is 6.61 Å². The first-order chi connectivity index (χ1) is 11.0. The molecule has 0 fully saturated rings. The Morgan fingerprint density at radius 3 is 2.65 bits per heavy atom. The zero-order chi connectivity index (χ0) is 16.8. The number of ether oxygens (including phenoxy) is 1. The summed E-state index contributed by atoms with van der Waals surface area (Å²) in [6.45, 7) is 1.76. The van der Waals surface area contributed by atoms with Gasteiger partial charge < -0.3 is 15.2 Å². The van der Waals surface area contributed by atoms with Crippen molar-refractivity contribution < 1.29 is 24.2 Å². The van der Waals surface area contributed by atoms with Crippen LogP contribution in [0.4, 0.5) is 0 Å². The maximum Gasteiger partial charge on any atom is 0.326 e. The Morgan fingerprint density at radius 2 is 1.96 bits per heavy atom. The second-order valence-electron chi connectivity index (χ2n) is 4.76. The summed E-state index contributed by atoms with van der Waals surface area (Å²) in [6.07, 6.45) is -0.442. The molecule has 7 heteroatoms. The van der Waals surface area contributed by atoms with E-state index in [4.69, 9.17) is 9.84 Å². The first kappa shape index (κ1) is 16.4. The number of nitrogens with one attached hydrogen (secondary N) is 1. The number of hydrogen-bond donors (Lipinski definition) is 2. The molecule has 0 saturated heterocycles. The van der Waals surface area contributed by atoms with E-state index in [9.17, 15) is 14.4 Å². The quantitative estimate of drug-likeness (QED) is 0.780. The summed E-state index contributed by atoms with van der Waals surface area (Å²) < 4.78 is 4.70. The first-order valence-corrected chi connectivity index (χ1v) is 7.06. The normalized spacial score (nSPS) is 11.7. The molecule has 1 amide bonds. The Bertz CT molecular complexity index is 744. The number of esters is 1. The van der Waals surface area contributed by atoms with Gasteiger partial charge in [0.15, 0.2) is 0 Å². The standard InChI is InChI=1S/C16H16N2O5/c1-2-23-14(19)9-13(16(21)22)18-15(20)12-8-7-10-5-3-4-6-11(10)17-12/h3-8,13H,2,9H2,1H3,(H,18,20)(H,21,22)/t13-/m1/s1. The minimum absolute atomic E-state index is 0.0822. The molecule has 1 atom stereocenters. The van der Waals surface area contributed by atoms with Crippen molar-refractivity contribution in [3.63, 3.8) is 0 Å². The van der Waals surface area contributed by atoms with Gasteiger partial charge in [-0.05, 0) is 19.1 Å². The molecule has 0 bridgehead atoms. The number of carbonyl (C=O) groups is 3. The lowest BCUT2D eigenvalue weighted by Crippen LogP contribution is -2.42. The van der Waals surface area contributed by atoms with Gasteiger partial charge in [0.2, 0.25) is 0 Å². The molecule has 1 heterocycles. The highest BCUT2D eigenvalue weighted by Gasteiger charge is 2.25. The van der Waals surface area contributed by atoms with Gasteiger partial charge in [0.1, 0.15) is 11.7 Å². The summed E-state index contributed by atoms with van der Waals surface area (Å²) >= 11 is 0. The molecule has 0 saturated carbocycles. The number of carbonyl (C=O) groups excluding carboxylic acids is 2. The third-order valence-electron chi connectivity index (χ3n) is 3.11. The maximum absolute atomic E-state index is 12.2. The van der Waals surface area contributed by atoms with Crippen molar-refractivity contribution in [3.8, 4) is 0 Å². The molecule has 120 valence electrons. The van der Waals surface area contributed by atoms with E-state index in [0.717, 1.165) is 5.39 Å². The highest BCUT2D eigenvalue weighted by molar-refractivity contribution is 5.97. The molecule has 23 heavy (non-hydrogen) atoms. The number of rotatable bonds is 6. The van der Waals surface area contributed by atoms with Crippen LogP contribution < -0.4 is 5.32 Å². The van der Waals surface area contributed by atoms with Crippen LogP contribution in [0.2, 0.25) is 0 Å². The van der Waals surface area contributed by atoms with E-state index in [-0.39, 0.29) is 12.3 Å².